The van der Waals surface area contributed by atoms with E-state index in [2.05, 4.69) is 20.2 Å². The molecule has 2 aliphatic rings. The largest absolute Gasteiger partial charge is 0.465 e. The number of nitrogens with one attached hydrogen (secondary N) is 1. The Hall–Kier alpha value is -3.80. The maximum atomic E-state index is 13.3. The summed E-state index contributed by atoms with van der Waals surface area (Å²) in [5.74, 6) is 0.530. The molecular weight excluding hydrogens is 557 g/mol. The maximum absolute atomic E-state index is 13.3. The summed E-state index contributed by atoms with van der Waals surface area (Å²) in [4.78, 5) is 40.8. The highest BCUT2D eigenvalue weighted by molar-refractivity contribution is 6.40. The van der Waals surface area contributed by atoms with Gasteiger partial charge in [-0.1, -0.05) is 29.3 Å². The van der Waals surface area contributed by atoms with Crippen molar-refractivity contribution < 1.29 is 19.4 Å². The molecular formula is C27H29Cl2N7O4. The molecule has 2 N–H and O–H groups in total. The van der Waals surface area contributed by atoms with Crippen molar-refractivity contribution in [2.24, 2.45) is 0 Å². The second kappa shape index (κ2) is 11.4. The van der Waals surface area contributed by atoms with Crippen molar-refractivity contribution in [3.8, 4) is 0 Å². The van der Waals surface area contributed by atoms with Crippen LogP contribution in [0.15, 0.2) is 42.6 Å². The van der Waals surface area contributed by atoms with E-state index >= 15 is 0 Å². The van der Waals surface area contributed by atoms with Gasteiger partial charge in [-0.2, -0.15) is 4.98 Å². The van der Waals surface area contributed by atoms with Gasteiger partial charge in [-0.25, -0.2) is 9.78 Å². The third kappa shape index (κ3) is 5.32. The molecule has 1 atom stereocenters. The number of hydrogen-bond donors (Lipinski definition) is 2. The van der Waals surface area contributed by atoms with E-state index in [0.717, 1.165) is 16.9 Å². The van der Waals surface area contributed by atoms with Gasteiger partial charge in [0, 0.05) is 63.0 Å². The average Bonchev–Trinajstić information content (AvgIpc) is 2.91. The fraction of sp³-hybridized carbons (Fsp3) is 0.333. The molecule has 13 heteroatoms. The molecule has 3 heterocycles. The summed E-state index contributed by atoms with van der Waals surface area (Å²) in [5, 5.41) is 13.4. The summed E-state index contributed by atoms with van der Waals surface area (Å²) in [5.41, 5.74) is 3.46. The number of methoxy groups -OCH3 is 1. The lowest BCUT2D eigenvalue weighted by Gasteiger charge is -2.40. The fourth-order valence-electron chi connectivity index (χ4n) is 5.12. The minimum absolute atomic E-state index is 0.132. The second-order valence-electron chi connectivity index (χ2n) is 9.75. The Bertz CT molecular complexity index is 1440. The van der Waals surface area contributed by atoms with Crippen LogP contribution in [0.2, 0.25) is 10.0 Å². The van der Waals surface area contributed by atoms with Gasteiger partial charge in [-0.3, -0.25) is 9.69 Å². The van der Waals surface area contributed by atoms with Crippen LogP contribution in [0, 0.1) is 0 Å². The SMILES string of the molecule is COCc1cc(Nc2ncc3c(n2)N(C)CN(c2c(Cl)cccc2Cl)C3=O)ccc1N1CCN(C(=O)O)C(C)C1. The van der Waals surface area contributed by atoms with Crippen LogP contribution in [0.4, 0.5) is 33.6 Å². The van der Waals surface area contributed by atoms with Crippen molar-refractivity contribution in [1.29, 1.82) is 0 Å². The van der Waals surface area contributed by atoms with Gasteiger partial charge >= 0.3 is 6.09 Å². The number of hydrogen-bond acceptors (Lipinski definition) is 8. The van der Waals surface area contributed by atoms with Crippen molar-refractivity contribution in [3.63, 3.8) is 0 Å². The Morgan fingerprint density at radius 3 is 2.62 bits per heavy atom. The lowest BCUT2D eigenvalue weighted by molar-refractivity contribution is 0.0981. The van der Waals surface area contributed by atoms with Gasteiger partial charge in [0.25, 0.3) is 5.91 Å². The van der Waals surface area contributed by atoms with Gasteiger partial charge in [0.15, 0.2) is 0 Å². The summed E-state index contributed by atoms with van der Waals surface area (Å²) >= 11 is 12.7. The number of para-hydroxylation sites is 1. The summed E-state index contributed by atoms with van der Waals surface area (Å²) in [6, 6.07) is 10.8. The number of halogens is 2. The van der Waals surface area contributed by atoms with E-state index in [1.54, 1.807) is 25.3 Å². The fourth-order valence-corrected chi connectivity index (χ4v) is 5.72. The minimum atomic E-state index is -0.901. The number of amides is 2. The number of carboxylic acid groups (broad SMARTS) is 1. The van der Waals surface area contributed by atoms with Crippen LogP contribution in [-0.2, 0) is 11.3 Å². The number of carbonyl (C=O) groups is 2. The zero-order chi connectivity index (χ0) is 28.6. The highest BCUT2D eigenvalue weighted by atomic mass is 35.5. The molecule has 2 amide bonds. The van der Waals surface area contributed by atoms with Crippen molar-refractivity contribution in [1.82, 2.24) is 14.9 Å². The molecule has 0 bridgehead atoms. The third-order valence-electron chi connectivity index (χ3n) is 7.02. The van der Waals surface area contributed by atoms with E-state index in [4.69, 9.17) is 27.9 Å². The monoisotopic (exact) mass is 585 g/mol. The first-order valence-corrected chi connectivity index (χ1v) is 13.4. The molecule has 1 fully saturated rings. The molecule has 2 aromatic carbocycles. The topological polar surface area (TPSA) is 114 Å². The maximum Gasteiger partial charge on any atom is 0.407 e. The predicted octanol–water partition coefficient (Wildman–Crippen LogP) is 4.92. The number of benzene rings is 2. The van der Waals surface area contributed by atoms with Gasteiger partial charge < -0.3 is 29.9 Å². The third-order valence-corrected chi connectivity index (χ3v) is 7.63. The minimum Gasteiger partial charge on any atom is -0.465 e. The Morgan fingerprint density at radius 1 is 1.20 bits per heavy atom. The van der Waals surface area contributed by atoms with E-state index < -0.39 is 6.09 Å². The summed E-state index contributed by atoms with van der Waals surface area (Å²) < 4.78 is 5.46. The Morgan fingerprint density at radius 2 is 1.95 bits per heavy atom. The Balaban J connectivity index is 1.37. The average molecular weight is 586 g/mol. The molecule has 0 radical (unpaired) electrons. The Kier molecular flexibility index (Phi) is 7.88. The Labute approximate surface area is 241 Å². The zero-order valence-electron chi connectivity index (χ0n) is 22.3. The first kappa shape index (κ1) is 27.8. The van der Waals surface area contributed by atoms with Gasteiger partial charge in [0.05, 0.1) is 29.0 Å². The molecule has 1 unspecified atom stereocenters. The number of anilines is 5. The molecule has 0 spiro atoms. The molecule has 3 aromatic rings. The number of aromatic nitrogens is 2. The lowest BCUT2D eigenvalue weighted by atomic mass is 10.1. The number of rotatable bonds is 6. The number of fused-ring (bicyclic) bond motifs is 1. The van der Waals surface area contributed by atoms with Crippen molar-refractivity contribution >= 4 is 64.0 Å². The molecule has 11 nitrogen and oxygen atoms in total. The summed E-state index contributed by atoms with van der Waals surface area (Å²) in [6.07, 6.45) is 0.593. The van der Waals surface area contributed by atoms with Crippen LogP contribution in [0.3, 0.4) is 0 Å². The first-order valence-electron chi connectivity index (χ1n) is 12.7. The van der Waals surface area contributed by atoms with E-state index in [9.17, 15) is 14.7 Å². The molecule has 1 aromatic heterocycles. The molecule has 40 heavy (non-hydrogen) atoms. The van der Waals surface area contributed by atoms with Gasteiger partial charge in [-0.15, -0.1) is 0 Å². The second-order valence-corrected chi connectivity index (χ2v) is 10.6. The standard InChI is InChI=1S/C27H29Cl2N7O4/c1-16-13-34(9-10-35(16)27(38)39)22-8-7-18(11-17(22)14-40-3)31-26-30-12-19-24(32-26)33(2)15-36(25(19)37)23-20(28)5-4-6-21(23)29/h4-8,11-12,16H,9-10,13-15H2,1-3H3,(H,38,39)(H,30,31,32). The molecule has 5 rings (SSSR count). The number of carbonyl (C=O) groups excluding carboxylic acids is 1. The van der Waals surface area contributed by atoms with Crippen LogP contribution in [0.25, 0.3) is 0 Å². The van der Waals surface area contributed by atoms with Crippen LogP contribution < -0.4 is 20.0 Å². The van der Waals surface area contributed by atoms with Crippen LogP contribution in [0.5, 0.6) is 0 Å². The molecule has 0 saturated carbocycles. The van der Waals surface area contributed by atoms with Crippen LogP contribution >= 0.6 is 23.2 Å². The first-order chi connectivity index (χ1) is 19.2. The smallest absolute Gasteiger partial charge is 0.407 e. The van der Waals surface area contributed by atoms with Crippen LogP contribution in [-0.4, -0.2) is 78.5 Å². The molecule has 1 saturated heterocycles. The van der Waals surface area contributed by atoms with Gasteiger partial charge in [0.1, 0.15) is 11.4 Å². The van der Waals surface area contributed by atoms with E-state index in [1.807, 2.05) is 37.1 Å². The lowest BCUT2D eigenvalue weighted by Crippen LogP contribution is -2.53. The normalized spacial score (nSPS) is 17.2. The van der Waals surface area contributed by atoms with E-state index in [1.165, 1.54) is 16.0 Å². The van der Waals surface area contributed by atoms with Crippen molar-refractivity contribution in [3.05, 3.63) is 63.8 Å². The quantitative estimate of drug-likeness (QED) is 0.416. The predicted molar refractivity (Wildman–Crippen MR) is 155 cm³/mol. The van der Waals surface area contributed by atoms with E-state index in [-0.39, 0.29) is 18.6 Å². The summed E-state index contributed by atoms with van der Waals surface area (Å²) in [6.45, 7) is 4.10. The summed E-state index contributed by atoms with van der Waals surface area (Å²) in [7, 11) is 3.46. The number of ether oxygens (including phenoxy) is 1. The molecule has 0 aliphatic carbocycles. The van der Waals surface area contributed by atoms with Gasteiger partial charge in [0.2, 0.25) is 5.95 Å². The molecule has 210 valence electrons. The van der Waals surface area contributed by atoms with Crippen LogP contribution in [0.1, 0.15) is 22.8 Å². The van der Waals surface area contributed by atoms with Crippen molar-refractivity contribution in [2.45, 2.75) is 19.6 Å². The zero-order valence-corrected chi connectivity index (χ0v) is 23.8. The highest BCUT2D eigenvalue weighted by Gasteiger charge is 2.33. The highest BCUT2D eigenvalue weighted by Crippen LogP contribution is 2.37. The van der Waals surface area contributed by atoms with E-state index in [0.29, 0.717) is 59.3 Å². The van der Waals surface area contributed by atoms with Crippen molar-refractivity contribution in [2.75, 3.05) is 60.5 Å². The van der Waals surface area contributed by atoms with Gasteiger partial charge in [-0.05, 0) is 37.3 Å². The number of nitrogens with zero attached hydrogens (tertiary/aromatic N) is 6. The number of piperazine rings is 1. The molecule has 2 aliphatic heterocycles.